The summed E-state index contributed by atoms with van der Waals surface area (Å²) in [5.74, 6) is 0. The molecule has 0 unspecified atom stereocenters. The Hall–Kier alpha value is -0.770. The summed E-state index contributed by atoms with van der Waals surface area (Å²) in [7, 11) is 5.12. The molecule has 0 spiro atoms. The Morgan fingerprint density at radius 3 is 2.80 bits per heavy atom. The summed E-state index contributed by atoms with van der Waals surface area (Å²) < 4.78 is 4.41. The highest BCUT2D eigenvalue weighted by molar-refractivity contribution is 5.67. The zero-order valence-corrected chi connectivity index (χ0v) is 6.02. The standard InChI is InChI=1S/C6H12N2O2/c1-8-3-5(4-8)7-6(9)10-2/h5,8H,1,3-4H2,2H3,(H,7,9). The molecule has 0 aliphatic carbocycles. The van der Waals surface area contributed by atoms with Gasteiger partial charge in [-0.3, -0.25) is 0 Å². The fourth-order valence-corrected chi connectivity index (χ4v) is 0.965. The molecule has 1 rings (SSSR count). The van der Waals surface area contributed by atoms with Gasteiger partial charge in [0.15, 0.2) is 0 Å². The Kier molecular flexibility index (Phi) is 2.11. The van der Waals surface area contributed by atoms with Crippen molar-refractivity contribution in [3.63, 3.8) is 0 Å². The van der Waals surface area contributed by atoms with Gasteiger partial charge in [-0.2, -0.15) is 7.05 Å². The van der Waals surface area contributed by atoms with Crippen LogP contribution in [0.25, 0.3) is 0 Å². The van der Waals surface area contributed by atoms with E-state index >= 15 is 0 Å². The van der Waals surface area contributed by atoms with E-state index in [1.165, 1.54) is 12.0 Å². The van der Waals surface area contributed by atoms with Crippen LogP contribution in [0.2, 0.25) is 0 Å². The van der Waals surface area contributed by atoms with Crippen molar-refractivity contribution < 1.29 is 14.4 Å². The topological polar surface area (TPSA) is 42.8 Å². The number of likely N-dealkylation sites (tertiary alicyclic amines) is 1. The fraction of sp³-hybridized carbons (Fsp3) is 0.667. The Morgan fingerprint density at radius 2 is 2.40 bits per heavy atom. The van der Waals surface area contributed by atoms with Crippen molar-refractivity contribution in [1.82, 2.24) is 5.32 Å². The van der Waals surface area contributed by atoms with Gasteiger partial charge in [-0.15, -0.1) is 0 Å². The van der Waals surface area contributed by atoms with Gasteiger partial charge in [0, 0.05) is 0 Å². The Morgan fingerprint density at radius 1 is 1.80 bits per heavy atom. The molecule has 4 nitrogen and oxygen atoms in total. The highest BCUT2D eigenvalue weighted by atomic mass is 16.5. The maximum atomic E-state index is 10.6. The molecule has 0 aromatic heterocycles. The second-order valence-corrected chi connectivity index (χ2v) is 2.49. The van der Waals surface area contributed by atoms with Gasteiger partial charge in [-0.05, 0) is 0 Å². The number of amides is 1. The minimum absolute atomic E-state index is 0.264. The molecule has 1 aliphatic rings. The molecule has 2 N–H and O–H groups in total. The number of methoxy groups -OCH3 is 1. The molecule has 0 aromatic rings. The molecule has 1 aliphatic heterocycles. The average Bonchev–Trinajstić information content (AvgIpc) is 1.84. The zero-order valence-electron chi connectivity index (χ0n) is 6.02. The SMILES string of the molecule is [CH2-][NH+]1CC(NC(=O)OC)C1. The zero-order chi connectivity index (χ0) is 7.56. The van der Waals surface area contributed by atoms with Gasteiger partial charge in [-0.1, -0.05) is 0 Å². The van der Waals surface area contributed by atoms with Crippen molar-refractivity contribution in [1.29, 1.82) is 0 Å². The molecule has 10 heavy (non-hydrogen) atoms. The van der Waals surface area contributed by atoms with Crippen LogP contribution < -0.4 is 10.2 Å². The molecule has 0 bridgehead atoms. The van der Waals surface area contributed by atoms with E-state index in [1.807, 2.05) is 0 Å². The third-order valence-electron chi connectivity index (χ3n) is 1.58. The maximum absolute atomic E-state index is 10.6. The van der Waals surface area contributed by atoms with E-state index in [-0.39, 0.29) is 12.1 Å². The van der Waals surface area contributed by atoms with Crippen LogP contribution in [0.1, 0.15) is 0 Å². The minimum Gasteiger partial charge on any atom is -0.464 e. The van der Waals surface area contributed by atoms with Crippen LogP contribution in [0, 0.1) is 7.05 Å². The monoisotopic (exact) mass is 144 g/mol. The van der Waals surface area contributed by atoms with Crippen molar-refractivity contribution in [3.8, 4) is 0 Å². The summed E-state index contributed by atoms with van der Waals surface area (Å²) in [6.07, 6.45) is -0.350. The number of ether oxygens (including phenoxy) is 1. The average molecular weight is 144 g/mol. The molecule has 58 valence electrons. The molecule has 0 atom stereocenters. The van der Waals surface area contributed by atoms with Crippen LogP contribution in [0.4, 0.5) is 4.79 Å². The number of quaternary nitrogens is 1. The molecule has 1 heterocycles. The summed E-state index contributed by atoms with van der Waals surface area (Å²) >= 11 is 0. The van der Waals surface area contributed by atoms with Gasteiger partial charge in [0.05, 0.1) is 20.2 Å². The number of carbonyl (C=O) groups is 1. The Labute approximate surface area is 60.1 Å². The lowest BCUT2D eigenvalue weighted by atomic mass is 10.1. The largest absolute Gasteiger partial charge is 0.464 e. The van der Waals surface area contributed by atoms with Crippen LogP contribution in [0.15, 0.2) is 0 Å². The first-order chi connectivity index (χ1) is 4.72. The summed E-state index contributed by atoms with van der Waals surface area (Å²) in [4.78, 5) is 11.8. The van der Waals surface area contributed by atoms with E-state index in [0.29, 0.717) is 0 Å². The Bertz CT molecular complexity index is 132. The van der Waals surface area contributed by atoms with Gasteiger partial charge in [0.25, 0.3) is 0 Å². The summed E-state index contributed by atoms with van der Waals surface area (Å²) in [6, 6.07) is 0.264. The number of alkyl carbamates (subject to hydrolysis) is 1. The van der Waals surface area contributed by atoms with E-state index in [9.17, 15) is 4.79 Å². The van der Waals surface area contributed by atoms with E-state index in [4.69, 9.17) is 0 Å². The molecule has 1 fully saturated rings. The first kappa shape index (κ1) is 7.34. The van der Waals surface area contributed by atoms with Gasteiger partial charge >= 0.3 is 6.09 Å². The van der Waals surface area contributed by atoms with Gasteiger partial charge in [-0.25, -0.2) is 4.79 Å². The normalized spacial score (nSPS) is 30.6. The van der Waals surface area contributed by atoms with Gasteiger partial charge in [0.2, 0.25) is 0 Å². The van der Waals surface area contributed by atoms with E-state index < -0.39 is 0 Å². The first-order valence-corrected chi connectivity index (χ1v) is 3.23. The van der Waals surface area contributed by atoms with Crippen molar-refractivity contribution in [2.75, 3.05) is 20.2 Å². The number of nitrogens with one attached hydrogen (secondary N) is 2. The fourth-order valence-electron chi connectivity index (χ4n) is 0.965. The summed E-state index contributed by atoms with van der Waals surface area (Å²) in [5, 5.41) is 2.67. The molecular formula is C6H12N2O2. The third-order valence-corrected chi connectivity index (χ3v) is 1.58. The number of hydrogen-bond donors (Lipinski definition) is 2. The number of hydrogen-bond acceptors (Lipinski definition) is 2. The molecule has 0 radical (unpaired) electrons. The quantitative estimate of drug-likeness (QED) is 0.435. The molecule has 4 heteroatoms. The van der Waals surface area contributed by atoms with Crippen molar-refractivity contribution in [2.24, 2.45) is 0 Å². The van der Waals surface area contributed by atoms with Gasteiger partial charge in [0.1, 0.15) is 6.04 Å². The van der Waals surface area contributed by atoms with Crippen LogP contribution >= 0.6 is 0 Å². The molecule has 0 aromatic carbocycles. The molecule has 1 amide bonds. The smallest absolute Gasteiger partial charge is 0.407 e. The van der Waals surface area contributed by atoms with Crippen molar-refractivity contribution in [3.05, 3.63) is 7.05 Å². The summed E-state index contributed by atoms with van der Waals surface area (Å²) in [5.41, 5.74) is 0. The molecule has 1 saturated heterocycles. The first-order valence-electron chi connectivity index (χ1n) is 3.23. The Balaban J connectivity index is 2.10. The van der Waals surface area contributed by atoms with E-state index in [0.717, 1.165) is 13.1 Å². The maximum Gasteiger partial charge on any atom is 0.407 e. The predicted molar refractivity (Wildman–Crippen MR) is 35.4 cm³/mol. The predicted octanol–water partition coefficient (Wildman–Crippen LogP) is -1.60. The third kappa shape index (κ3) is 1.60. The van der Waals surface area contributed by atoms with Crippen LogP contribution in [-0.2, 0) is 4.74 Å². The van der Waals surface area contributed by atoms with Crippen molar-refractivity contribution >= 4 is 6.09 Å². The van der Waals surface area contributed by atoms with Crippen LogP contribution in [-0.4, -0.2) is 32.3 Å². The van der Waals surface area contributed by atoms with Crippen LogP contribution in [0.5, 0.6) is 0 Å². The number of carbonyl (C=O) groups excluding carboxylic acids is 1. The van der Waals surface area contributed by atoms with E-state index in [1.54, 1.807) is 0 Å². The lowest BCUT2D eigenvalue weighted by molar-refractivity contribution is -0.898. The lowest BCUT2D eigenvalue weighted by Crippen LogP contribution is -3.18. The molecular weight excluding hydrogens is 132 g/mol. The highest BCUT2D eigenvalue weighted by Gasteiger charge is 2.25. The second kappa shape index (κ2) is 2.88. The van der Waals surface area contributed by atoms with Gasteiger partial charge < -0.3 is 15.0 Å². The van der Waals surface area contributed by atoms with E-state index in [2.05, 4.69) is 17.1 Å². The summed E-state index contributed by atoms with van der Waals surface area (Å²) in [6.45, 7) is 1.80. The highest BCUT2D eigenvalue weighted by Crippen LogP contribution is 1.84. The van der Waals surface area contributed by atoms with Crippen LogP contribution in [0.3, 0.4) is 0 Å². The minimum atomic E-state index is -0.350. The number of rotatable bonds is 1. The second-order valence-electron chi connectivity index (χ2n) is 2.49. The molecule has 0 saturated carbocycles. The lowest BCUT2D eigenvalue weighted by Gasteiger charge is -2.37. The van der Waals surface area contributed by atoms with Crippen molar-refractivity contribution in [2.45, 2.75) is 6.04 Å².